The fourth-order valence-corrected chi connectivity index (χ4v) is 2.83. The summed E-state index contributed by atoms with van der Waals surface area (Å²) in [6, 6.07) is 0. The van der Waals surface area contributed by atoms with Crippen molar-refractivity contribution in [3.63, 3.8) is 0 Å². The molecule has 0 amide bonds. The maximum absolute atomic E-state index is 11.4. The largest absolute Gasteiger partial charge is 1.00 e. The number of carbonyl (C=O) groups excluding carboxylic acids is 1. The van der Waals surface area contributed by atoms with Gasteiger partial charge in [-0.05, 0) is 13.3 Å². The second kappa shape index (κ2) is 14.9. The molecule has 0 aliphatic heterocycles. The molecule has 126 valence electrons. The van der Waals surface area contributed by atoms with Gasteiger partial charge in [-0.1, -0.05) is 58.3 Å². The molecule has 0 saturated heterocycles. The van der Waals surface area contributed by atoms with Crippen LogP contribution in [0.15, 0.2) is 0 Å². The summed E-state index contributed by atoms with van der Waals surface area (Å²) in [6.07, 6.45) is 9.90. The van der Waals surface area contributed by atoms with E-state index in [-0.39, 0.29) is 29.6 Å². The molecular formula is C15H29NaO5S. The second-order valence-corrected chi connectivity index (χ2v) is 7.05. The van der Waals surface area contributed by atoms with Gasteiger partial charge in [-0.2, -0.15) is 0 Å². The minimum atomic E-state index is -4.34. The van der Waals surface area contributed by atoms with Crippen LogP contribution in [0.1, 0.15) is 78.1 Å². The molecule has 0 fully saturated rings. The van der Waals surface area contributed by atoms with Crippen LogP contribution in [-0.4, -0.2) is 30.8 Å². The number of unbranched alkanes of at least 4 members (excludes halogenated alkanes) is 8. The zero-order valence-corrected chi connectivity index (χ0v) is 17.1. The van der Waals surface area contributed by atoms with Gasteiger partial charge >= 0.3 is 35.5 Å². The topological polar surface area (TPSA) is 83.5 Å². The molecule has 0 heterocycles. The van der Waals surface area contributed by atoms with Crippen LogP contribution in [0.4, 0.5) is 0 Å². The van der Waals surface area contributed by atoms with Gasteiger partial charge in [0.1, 0.15) is 6.10 Å². The Morgan fingerprint density at radius 1 is 1.00 bits per heavy atom. The molecule has 0 unspecified atom stereocenters. The Balaban J connectivity index is 0. The van der Waals surface area contributed by atoms with Crippen LogP contribution in [0.2, 0.25) is 0 Å². The summed E-state index contributed by atoms with van der Waals surface area (Å²) in [5.41, 5.74) is 0. The van der Waals surface area contributed by atoms with E-state index in [4.69, 9.17) is 4.74 Å². The van der Waals surface area contributed by atoms with Gasteiger partial charge < -0.3 is 9.29 Å². The quantitative estimate of drug-likeness (QED) is 0.209. The van der Waals surface area contributed by atoms with Crippen LogP contribution in [0.25, 0.3) is 0 Å². The summed E-state index contributed by atoms with van der Waals surface area (Å²) >= 11 is 0. The first kappa shape index (κ1) is 24.6. The van der Waals surface area contributed by atoms with Crippen LogP contribution in [0, 0.1) is 0 Å². The predicted molar refractivity (Wildman–Crippen MR) is 82.0 cm³/mol. The molecule has 0 aliphatic rings. The molecule has 0 rings (SSSR count). The third-order valence-electron chi connectivity index (χ3n) is 3.26. The summed E-state index contributed by atoms with van der Waals surface area (Å²) in [6.45, 7) is 3.62. The third-order valence-corrected chi connectivity index (χ3v) is 4.13. The number of carbonyl (C=O) groups is 1. The Hall–Kier alpha value is 0.380. The van der Waals surface area contributed by atoms with Gasteiger partial charge in [0.25, 0.3) is 0 Å². The molecule has 0 aliphatic carbocycles. The van der Waals surface area contributed by atoms with E-state index in [2.05, 4.69) is 6.92 Å². The molecule has 0 aromatic heterocycles. The van der Waals surface area contributed by atoms with E-state index in [0.717, 1.165) is 19.3 Å². The van der Waals surface area contributed by atoms with E-state index in [1.807, 2.05) is 0 Å². The van der Waals surface area contributed by atoms with Gasteiger partial charge in [0.15, 0.2) is 0 Å². The molecule has 22 heavy (non-hydrogen) atoms. The molecule has 7 heteroatoms. The van der Waals surface area contributed by atoms with E-state index < -0.39 is 27.9 Å². The first-order valence-corrected chi connectivity index (χ1v) is 9.56. The van der Waals surface area contributed by atoms with E-state index >= 15 is 0 Å². The minimum Gasteiger partial charge on any atom is -0.748 e. The van der Waals surface area contributed by atoms with Crippen LogP contribution in [-0.2, 0) is 19.6 Å². The summed E-state index contributed by atoms with van der Waals surface area (Å²) < 4.78 is 36.4. The fraction of sp³-hybridized carbons (Fsp3) is 0.933. The van der Waals surface area contributed by atoms with Crippen molar-refractivity contribution in [2.24, 2.45) is 0 Å². The van der Waals surface area contributed by atoms with Crippen LogP contribution in [0.3, 0.4) is 0 Å². The fourth-order valence-electron chi connectivity index (χ4n) is 2.18. The first-order valence-electron chi connectivity index (χ1n) is 7.98. The summed E-state index contributed by atoms with van der Waals surface area (Å²) in [4.78, 5) is 11.4. The Morgan fingerprint density at radius 3 is 1.91 bits per heavy atom. The van der Waals surface area contributed by atoms with Crippen molar-refractivity contribution in [2.75, 3.05) is 5.75 Å². The average Bonchev–Trinajstić information content (AvgIpc) is 2.34. The maximum Gasteiger partial charge on any atom is 1.00 e. The standard InChI is InChI=1S/C15H30O5S.Na/c1-3-4-5-6-7-8-9-10-11-12-15(16)20-14(2)13-21(17,18)19;/h14H,3-13H2,1-2H3,(H,17,18,19);/q;+1/p-1/t14-;/m0./s1. The Morgan fingerprint density at radius 2 is 1.45 bits per heavy atom. The van der Waals surface area contributed by atoms with Crippen molar-refractivity contribution in [2.45, 2.75) is 84.2 Å². The number of hydrogen-bond acceptors (Lipinski definition) is 5. The molecule has 0 N–H and O–H groups in total. The zero-order valence-electron chi connectivity index (χ0n) is 14.3. The van der Waals surface area contributed by atoms with Gasteiger partial charge in [-0.25, -0.2) is 8.42 Å². The normalized spacial score (nSPS) is 12.5. The molecular weight excluding hydrogens is 315 g/mol. The number of hydrogen-bond donors (Lipinski definition) is 0. The smallest absolute Gasteiger partial charge is 0.748 e. The summed E-state index contributed by atoms with van der Waals surface area (Å²) in [5.74, 6) is -1.08. The van der Waals surface area contributed by atoms with Crippen LogP contribution >= 0.6 is 0 Å². The SMILES string of the molecule is CCCCCCCCCCCC(=O)O[C@@H](C)CS(=O)(=O)[O-].[Na+]. The summed E-state index contributed by atoms with van der Waals surface area (Å²) in [7, 11) is -4.34. The Kier molecular flexibility index (Phi) is 16.7. The first-order chi connectivity index (χ1) is 9.85. The van der Waals surface area contributed by atoms with Crippen LogP contribution in [0.5, 0.6) is 0 Å². The molecule has 0 radical (unpaired) electrons. The third kappa shape index (κ3) is 18.4. The van der Waals surface area contributed by atoms with E-state index in [1.165, 1.54) is 45.4 Å². The van der Waals surface area contributed by atoms with Gasteiger partial charge in [0.2, 0.25) is 0 Å². The number of esters is 1. The summed E-state index contributed by atoms with van der Waals surface area (Å²) in [5, 5.41) is 0. The van der Waals surface area contributed by atoms with Gasteiger partial charge in [0, 0.05) is 6.42 Å². The second-order valence-electron chi connectivity index (χ2n) is 5.60. The average molecular weight is 344 g/mol. The Labute approximate surface area is 157 Å². The Bertz CT molecular complexity index is 370. The molecule has 0 bridgehead atoms. The van der Waals surface area contributed by atoms with Crippen molar-refractivity contribution >= 4 is 16.1 Å². The predicted octanol–water partition coefficient (Wildman–Crippen LogP) is 0.388. The van der Waals surface area contributed by atoms with Crippen LogP contribution < -0.4 is 29.6 Å². The molecule has 0 spiro atoms. The van der Waals surface area contributed by atoms with E-state index in [0.29, 0.717) is 6.42 Å². The van der Waals surface area contributed by atoms with Crippen molar-refractivity contribution in [3.8, 4) is 0 Å². The van der Waals surface area contributed by atoms with Crippen molar-refractivity contribution in [1.82, 2.24) is 0 Å². The van der Waals surface area contributed by atoms with Gasteiger partial charge in [-0.3, -0.25) is 4.79 Å². The van der Waals surface area contributed by atoms with E-state index in [1.54, 1.807) is 0 Å². The molecule has 0 aromatic carbocycles. The van der Waals surface area contributed by atoms with Crippen molar-refractivity contribution < 1.29 is 52.1 Å². The molecule has 0 saturated carbocycles. The minimum absolute atomic E-state index is 0. The maximum atomic E-state index is 11.4. The van der Waals surface area contributed by atoms with Crippen molar-refractivity contribution in [1.29, 1.82) is 0 Å². The molecule has 5 nitrogen and oxygen atoms in total. The number of rotatable bonds is 13. The van der Waals surface area contributed by atoms with E-state index in [9.17, 15) is 17.8 Å². The monoisotopic (exact) mass is 344 g/mol. The molecule has 1 atom stereocenters. The number of ether oxygens (including phenoxy) is 1. The van der Waals surface area contributed by atoms with Gasteiger partial charge in [-0.15, -0.1) is 0 Å². The molecule has 0 aromatic rings. The van der Waals surface area contributed by atoms with Crippen molar-refractivity contribution in [3.05, 3.63) is 0 Å². The zero-order chi connectivity index (χ0) is 16.1. The van der Waals surface area contributed by atoms with Gasteiger partial charge in [0.05, 0.1) is 15.9 Å².